The Morgan fingerprint density at radius 3 is 2.56 bits per heavy atom. The van der Waals surface area contributed by atoms with Gasteiger partial charge in [-0.3, -0.25) is 0 Å². The van der Waals surface area contributed by atoms with E-state index in [4.69, 9.17) is 0 Å². The summed E-state index contributed by atoms with van der Waals surface area (Å²) in [7, 11) is 0. The van der Waals surface area contributed by atoms with Crippen molar-refractivity contribution >= 4 is 5.57 Å². The Morgan fingerprint density at radius 1 is 1.67 bits per heavy atom. The van der Waals surface area contributed by atoms with E-state index in [-0.39, 0.29) is 0 Å². The van der Waals surface area contributed by atoms with Crippen LogP contribution in [0, 0.1) is 6.92 Å². The van der Waals surface area contributed by atoms with Crippen LogP contribution in [0.2, 0.25) is 0 Å². The van der Waals surface area contributed by atoms with Crippen molar-refractivity contribution in [3.8, 4) is 0 Å². The average molecular weight is 121 g/mol. The Kier molecular flexibility index (Phi) is 1.43. The Labute approximate surface area is 55.4 Å². The van der Waals surface area contributed by atoms with Gasteiger partial charge in [0.2, 0.25) is 0 Å². The number of aromatic amines is 1. The minimum absolute atomic E-state index is 1.09. The second-order valence-electron chi connectivity index (χ2n) is 2.37. The standard InChI is InChI=1S/C8H11N/c1-6(2)8-4-7(3)5-9-8/h4-5,9H,1H2,2-3H3. The first-order chi connectivity index (χ1) is 4.20. The van der Waals surface area contributed by atoms with E-state index in [1.807, 2.05) is 13.1 Å². The second-order valence-corrected chi connectivity index (χ2v) is 2.37. The molecular formula is C8H11N. The first kappa shape index (κ1) is 6.14. The largest absolute Gasteiger partial charge is 0.361 e. The van der Waals surface area contributed by atoms with E-state index >= 15 is 0 Å². The summed E-state index contributed by atoms with van der Waals surface area (Å²) in [4.78, 5) is 3.11. The number of allylic oxidation sites excluding steroid dienone is 1. The molecule has 0 saturated heterocycles. The van der Waals surface area contributed by atoms with Crippen molar-refractivity contribution in [1.29, 1.82) is 0 Å². The highest BCUT2D eigenvalue weighted by atomic mass is 14.7. The Balaban J connectivity index is 2.98. The minimum Gasteiger partial charge on any atom is -0.361 e. The maximum absolute atomic E-state index is 3.81. The van der Waals surface area contributed by atoms with Gasteiger partial charge in [-0.25, -0.2) is 0 Å². The summed E-state index contributed by atoms with van der Waals surface area (Å²) in [6, 6.07) is 2.09. The van der Waals surface area contributed by atoms with Gasteiger partial charge in [-0.15, -0.1) is 0 Å². The molecule has 0 bridgehead atoms. The van der Waals surface area contributed by atoms with Crippen LogP contribution >= 0.6 is 0 Å². The highest BCUT2D eigenvalue weighted by Crippen LogP contribution is 2.09. The molecule has 0 fully saturated rings. The predicted octanol–water partition coefficient (Wildman–Crippen LogP) is 2.36. The molecule has 0 aliphatic rings. The second kappa shape index (κ2) is 2.09. The molecule has 0 atom stereocenters. The third kappa shape index (κ3) is 1.22. The Morgan fingerprint density at radius 2 is 2.33 bits per heavy atom. The zero-order valence-electron chi connectivity index (χ0n) is 5.86. The lowest BCUT2D eigenvalue weighted by Gasteiger charge is -1.88. The van der Waals surface area contributed by atoms with Crippen molar-refractivity contribution in [3.05, 3.63) is 30.1 Å². The molecule has 0 spiro atoms. The van der Waals surface area contributed by atoms with Gasteiger partial charge in [-0.1, -0.05) is 6.58 Å². The van der Waals surface area contributed by atoms with Crippen LogP contribution < -0.4 is 0 Å². The Hall–Kier alpha value is -0.980. The molecule has 48 valence electrons. The van der Waals surface area contributed by atoms with Crippen molar-refractivity contribution in [2.45, 2.75) is 13.8 Å². The summed E-state index contributed by atoms with van der Waals surface area (Å²) in [6.07, 6.45) is 1.98. The molecule has 1 N–H and O–H groups in total. The highest BCUT2D eigenvalue weighted by Gasteiger charge is 1.92. The summed E-state index contributed by atoms with van der Waals surface area (Å²) in [5.41, 5.74) is 3.48. The van der Waals surface area contributed by atoms with E-state index in [2.05, 4.69) is 24.6 Å². The lowest BCUT2D eigenvalue weighted by Crippen LogP contribution is -1.72. The third-order valence-corrected chi connectivity index (χ3v) is 1.29. The monoisotopic (exact) mass is 121 g/mol. The number of nitrogens with one attached hydrogen (secondary N) is 1. The van der Waals surface area contributed by atoms with E-state index in [9.17, 15) is 0 Å². The van der Waals surface area contributed by atoms with Crippen molar-refractivity contribution < 1.29 is 0 Å². The van der Waals surface area contributed by atoms with Gasteiger partial charge in [0.1, 0.15) is 0 Å². The van der Waals surface area contributed by atoms with Crippen molar-refractivity contribution in [2.24, 2.45) is 0 Å². The number of aromatic nitrogens is 1. The average Bonchev–Trinajstić information content (AvgIpc) is 2.14. The lowest BCUT2D eigenvalue weighted by molar-refractivity contribution is 1.34. The molecule has 1 aromatic heterocycles. The predicted molar refractivity (Wildman–Crippen MR) is 40.2 cm³/mol. The SMILES string of the molecule is C=C(C)c1cc(C)c[nH]1. The van der Waals surface area contributed by atoms with Gasteiger partial charge in [0.25, 0.3) is 0 Å². The van der Waals surface area contributed by atoms with E-state index < -0.39 is 0 Å². The van der Waals surface area contributed by atoms with Crippen LogP contribution in [0.25, 0.3) is 5.57 Å². The minimum atomic E-state index is 1.09. The molecule has 0 aromatic carbocycles. The van der Waals surface area contributed by atoms with Gasteiger partial charge in [0.15, 0.2) is 0 Å². The van der Waals surface area contributed by atoms with Crippen molar-refractivity contribution in [1.82, 2.24) is 4.98 Å². The zero-order chi connectivity index (χ0) is 6.85. The van der Waals surface area contributed by atoms with Gasteiger partial charge >= 0.3 is 0 Å². The molecule has 0 unspecified atom stereocenters. The normalized spacial score (nSPS) is 9.56. The molecule has 0 aliphatic carbocycles. The molecule has 9 heavy (non-hydrogen) atoms. The molecule has 1 heterocycles. The van der Waals surface area contributed by atoms with Crippen LogP contribution in [0.4, 0.5) is 0 Å². The first-order valence-corrected chi connectivity index (χ1v) is 3.01. The van der Waals surface area contributed by atoms with Crippen LogP contribution in [0.5, 0.6) is 0 Å². The summed E-state index contributed by atoms with van der Waals surface area (Å²) in [5.74, 6) is 0. The molecule has 0 amide bonds. The highest BCUT2D eigenvalue weighted by molar-refractivity contribution is 5.58. The molecule has 0 radical (unpaired) electrons. The lowest BCUT2D eigenvalue weighted by atomic mass is 10.2. The number of rotatable bonds is 1. The summed E-state index contributed by atoms with van der Waals surface area (Å²) in [6.45, 7) is 7.86. The van der Waals surface area contributed by atoms with Gasteiger partial charge in [0.05, 0.1) is 0 Å². The molecule has 0 aliphatic heterocycles. The topological polar surface area (TPSA) is 15.8 Å². The molecule has 1 nitrogen and oxygen atoms in total. The molecule has 0 saturated carbocycles. The third-order valence-electron chi connectivity index (χ3n) is 1.29. The summed E-state index contributed by atoms with van der Waals surface area (Å²) in [5, 5.41) is 0. The van der Waals surface area contributed by atoms with Crippen molar-refractivity contribution in [2.75, 3.05) is 0 Å². The van der Waals surface area contributed by atoms with Crippen LogP contribution in [0.3, 0.4) is 0 Å². The van der Waals surface area contributed by atoms with Gasteiger partial charge in [0, 0.05) is 11.9 Å². The number of aryl methyl sites for hydroxylation is 1. The molecule has 1 rings (SSSR count). The van der Waals surface area contributed by atoms with E-state index in [0.717, 1.165) is 11.3 Å². The fraction of sp³-hybridized carbons (Fsp3) is 0.250. The first-order valence-electron chi connectivity index (χ1n) is 3.01. The number of H-pyrrole nitrogens is 1. The fourth-order valence-corrected chi connectivity index (χ4v) is 0.749. The van der Waals surface area contributed by atoms with E-state index in [0.29, 0.717) is 0 Å². The van der Waals surface area contributed by atoms with E-state index in [1.165, 1.54) is 5.56 Å². The van der Waals surface area contributed by atoms with Crippen LogP contribution in [0.15, 0.2) is 18.8 Å². The summed E-state index contributed by atoms with van der Waals surface area (Å²) >= 11 is 0. The molecule has 1 heteroatoms. The quantitative estimate of drug-likeness (QED) is 0.587. The number of hydrogen-bond donors (Lipinski definition) is 1. The molecule has 1 aromatic rings. The van der Waals surface area contributed by atoms with E-state index in [1.54, 1.807) is 0 Å². The fourth-order valence-electron chi connectivity index (χ4n) is 0.749. The maximum atomic E-state index is 3.81. The maximum Gasteiger partial charge on any atom is 0.0406 e. The van der Waals surface area contributed by atoms with Crippen LogP contribution in [-0.4, -0.2) is 4.98 Å². The summed E-state index contributed by atoms with van der Waals surface area (Å²) < 4.78 is 0. The van der Waals surface area contributed by atoms with Gasteiger partial charge in [-0.05, 0) is 31.1 Å². The van der Waals surface area contributed by atoms with Crippen LogP contribution in [0.1, 0.15) is 18.2 Å². The number of hydrogen-bond acceptors (Lipinski definition) is 0. The van der Waals surface area contributed by atoms with Gasteiger partial charge < -0.3 is 4.98 Å². The molecular weight excluding hydrogens is 110 g/mol. The van der Waals surface area contributed by atoms with Gasteiger partial charge in [-0.2, -0.15) is 0 Å². The Bertz CT molecular complexity index is 220. The van der Waals surface area contributed by atoms with Crippen molar-refractivity contribution in [3.63, 3.8) is 0 Å². The smallest absolute Gasteiger partial charge is 0.0406 e. The van der Waals surface area contributed by atoms with Crippen LogP contribution in [-0.2, 0) is 0 Å². The zero-order valence-corrected chi connectivity index (χ0v) is 5.86.